The summed E-state index contributed by atoms with van der Waals surface area (Å²) < 4.78 is 1.68. The highest BCUT2D eigenvalue weighted by Crippen LogP contribution is 2.33. The minimum atomic E-state index is -0.606. The summed E-state index contributed by atoms with van der Waals surface area (Å²) in [5.74, 6) is -0.205. The van der Waals surface area contributed by atoms with E-state index < -0.39 is 5.91 Å². The number of hydrogen-bond acceptors (Lipinski definition) is 4. The molecule has 0 spiro atoms. The Bertz CT molecular complexity index is 363. The van der Waals surface area contributed by atoms with E-state index in [1.165, 1.54) is 6.33 Å². The van der Waals surface area contributed by atoms with E-state index in [0.717, 1.165) is 19.3 Å². The van der Waals surface area contributed by atoms with Gasteiger partial charge in [-0.2, -0.15) is 0 Å². The Hall–Kier alpha value is -1.43. The smallest absolute Gasteiger partial charge is 0.288 e. The fraction of sp³-hybridized carbons (Fsp3) is 0.667. The molecule has 0 radical (unpaired) electrons. The van der Waals surface area contributed by atoms with Crippen molar-refractivity contribution < 1.29 is 9.90 Å². The topological polar surface area (TPSA) is 94.0 Å². The second kappa shape index (κ2) is 3.98. The van der Waals surface area contributed by atoms with Crippen LogP contribution in [0.15, 0.2) is 6.33 Å². The summed E-state index contributed by atoms with van der Waals surface area (Å²) in [7, 11) is 0. The molecular formula is C9H14N4O2. The molecule has 6 heteroatoms. The highest BCUT2D eigenvalue weighted by Gasteiger charge is 2.26. The number of carbonyl (C=O) groups excluding carboxylic acids is 1. The molecule has 1 aliphatic rings. The molecule has 1 heterocycles. The highest BCUT2D eigenvalue weighted by atomic mass is 16.3. The average Bonchev–Trinajstić information content (AvgIpc) is 2.86. The molecule has 1 fully saturated rings. The molecule has 0 aromatic carbocycles. The van der Waals surface area contributed by atoms with Crippen LogP contribution in [0.25, 0.3) is 0 Å². The molecule has 82 valence electrons. The number of amides is 1. The van der Waals surface area contributed by atoms with E-state index in [-0.39, 0.29) is 18.5 Å². The van der Waals surface area contributed by atoms with Gasteiger partial charge in [-0.1, -0.05) is 0 Å². The number of aliphatic hydroxyl groups excluding tert-OH is 1. The quantitative estimate of drug-likeness (QED) is 0.716. The molecule has 1 saturated carbocycles. The fourth-order valence-electron chi connectivity index (χ4n) is 2.02. The standard InChI is InChI=1S/C9H14N4O2/c10-8(15)9-11-5-13(12-9)7-2-1-6(3-7)4-14/h5-7,14H,1-4H2,(H2,10,15)/t6-,7+/m0/s1. The lowest BCUT2D eigenvalue weighted by Crippen LogP contribution is -2.14. The zero-order valence-electron chi connectivity index (χ0n) is 8.33. The summed E-state index contributed by atoms with van der Waals surface area (Å²) in [6.07, 6.45) is 4.38. The van der Waals surface area contributed by atoms with Gasteiger partial charge in [0.05, 0.1) is 6.04 Å². The summed E-state index contributed by atoms with van der Waals surface area (Å²) in [4.78, 5) is 14.6. The first-order valence-corrected chi connectivity index (χ1v) is 5.02. The number of primary amides is 1. The Morgan fingerprint density at radius 3 is 3.00 bits per heavy atom. The van der Waals surface area contributed by atoms with Crippen LogP contribution in [0.5, 0.6) is 0 Å². The summed E-state index contributed by atoms with van der Waals surface area (Å²) in [5, 5.41) is 13.0. The van der Waals surface area contributed by atoms with Crippen LogP contribution in [0.4, 0.5) is 0 Å². The molecule has 2 rings (SSSR count). The van der Waals surface area contributed by atoms with Gasteiger partial charge in [-0.15, -0.1) is 5.10 Å². The molecule has 0 unspecified atom stereocenters. The molecule has 1 amide bonds. The van der Waals surface area contributed by atoms with Crippen LogP contribution in [-0.2, 0) is 0 Å². The van der Waals surface area contributed by atoms with Gasteiger partial charge in [-0.3, -0.25) is 4.79 Å². The van der Waals surface area contributed by atoms with E-state index in [1.54, 1.807) is 4.68 Å². The third-order valence-electron chi connectivity index (χ3n) is 2.87. The number of aliphatic hydroxyl groups is 1. The van der Waals surface area contributed by atoms with Gasteiger partial charge in [0.25, 0.3) is 5.91 Å². The second-order valence-electron chi connectivity index (χ2n) is 3.93. The van der Waals surface area contributed by atoms with Gasteiger partial charge in [0.2, 0.25) is 5.82 Å². The second-order valence-corrected chi connectivity index (χ2v) is 3.93. The van der Waals surface area contributed by atoms with E-state index in [1.807, 2.05) is 0 Å². The number of rotatable bonds is 3. The van der Waals surface area contributed by atoms with Crippen molar-refractivity contribution in [3.05, 3.63) is 12.2 Å². The van der Waals surface area contributed by atoms with Gasteiger partial charge in [-0.25, -0.2) is 9.67 Å². The lowest BCUT2D eigenvalue weighted by molar-refractivity contribution is 0.0990. The van der Waals surface area contributed by atoms with Gasteiger partial charge >= 0.3 is 0 Å². The Balaban J connectivity index is 2.07. The number of carbonyl (C=O) groups is 1. The van der Waals surface area contributed by atoms with Gasteiger partial charge in [-0.05, 0) is 25.2 Å². The minimum Gasteiger partial charge on any atom is -0.396 e. The van der Waals surface area contributed by atoms with Crippen molar-refractivity contribution >= 4 is 5.91 Å². The lowest BCUT2D eigenvalue weighted by atomic mass is 10.1. The van der Waals surface area contributed by atoms with Crippen LogP contribution in [0, 0.1) is 5.92 Å². The first-order valence-electron chi connectivity index (χ1n) is 5.02. The van der Waals surface area contributed by atoms with Crippen LogP contribution >= 0.6 is 0 Å². The van der Waals surface area contributed by atoms with Crippen LogP contribution in [0.2, 0.25) is 0 Å². The highest BCUT2D eigenvalue weighted by molar-refractivity contribution is 5.88. The van der Waals surface area contributed by atoms with Crippen molar-refractivity contribution in [2.24, 2.45) is 11.7 Å². The molecule has 0 bridgehead atoms. The van der Waals surface area contributed by atoms with Crippen molar-refractivity contribution in [2.75, 3.05) is 6.61 Å². The molecular weight excluding hydrogens is 196 g/mol. The van der Waals surface area contributed by atoms with E-state index in [9.17, 15) is 4.79 Å². The summed E-state index contributed by atoms with van der Waals surface area (Å²) in [6.45, 7) is 0.216. The maximum absolute atomic E-state index is 10.8. The average molecular weight is 210 g/mol. The summed E-state index contributed by atoms with van der Waals surface area (Å²) >= 11 is 0. The Morgan fingerprint density at radius 1 is 1.67 bits per heavy atom. The van der Waals surface area contributed by atoms with E-state index >= 15 is 0 Å². The van der Waals surface area contributed by atoms with Gasteiger partial charge in [0, 0.05) is 6.61 Å². The minimum absolute atomic E-state index is 0.0578. The first-order chi connectivity index (χ1) is 7.20. The monoisotopic (exact) mass is 210 g/mol. The number of nitrogens with two attached hydrogens (primary N) is 1. The Labute approximate surface area is 87.1 Å². The lowest BCUT2D eigenvalue weighted by Gasteiger charge is -2.08. The molecule has 1 aromatic heterocycles. The SMILES string of the molecule is NC(=O)c1ncn([C@@H]2CC[C@H](CO)C2)n1. The molecule has 2 atom stereocenters. The normalized spacial score (nSPS) is 25.7. The number of nitrogens with zero attached hydrogens (tertiary/aromatic N) is 3. The predicted molar refractivity (Wildman–Crippen MR) is 52.0 cm³/mol. The van der Waals surface area contributed by atoms with Crippen LogP contribution in [0.3, 0.4) is 0 Å². The van der Waals surface area contributed by atoms with Gasteiger partial charge in [0.15, 0.2) is 0 Å². The molecule has 6 nitrogen and oxygen atoms in total. The maximum Gasteiger partial charge on any atom is 0.288 e. The number of hydrogen-bond donors (Lipinski definition) is 2. The van der Waals surface area contributed by atoms with Crippen molar-refractivity contribution in [3.8, 4) is 0 Å². The predicted octanol–water partition coefficient (Wildman–Crippen LogP) is -0.290. The maximum atomic E-state index is 10.8. The largest absolute Gasteiger partial charge is 0.396 e. The Morgan fingerprint density at radius 2 is 2.47 bits per heavy atom. The van der Waals surface area contributed by atoms with Crippen molar-refractivity contribution in [1.82, 2.24) is 14.8 Å². The third kappa shape index (κ3) is 1.99. The van der Waals surface area contributed by atoms with Crippen molar-refractivity contribution in [1.29, 1.82) is 0 Å². The van der Waals surface area contributed by atoms with Gasteiger partial charge < -0.3 is 10.8 Å². The van der Waals surface area contributed by atoms with Gasteiger partial charge in [0.1, 0.15) is 6.33 Å². The molecule has 15 heavy (non-hydrogen) atoms. The van der Waals surface area contributed by atoms with E-state index in [4.69, 9.17) is 10.8 Å². The molecule has 3 N–H and O–H groups in total. The summed E-state index contributed by atoms with van der Waals surface area (Å²) in [5.41, 5.74) is 5.06. The first kappa shape index (κ1) is 10.1. The zero-order chi connectivity index (χ0) is 10.8. The summed E-state index contributed by atoms with van der Waals surface area (Å²) in [6, 6.07) is 0.239. The van der Waals surface area contributed by atoms with E-state index in [2.05, 4.69) is 10.1 Å². The van der Waals surface area contributed by atoms with Crippen LogP contribution < -0.4 is 5.73 Å². The molecule has 1 aliphatic carbocycles. The van der Waals surface area contributed by atoms with E-state index in [0.29, 0.717) is 5.92 Å². The Kier molecular flexibility index (Phi) is 2.68. The molecule has 0 aliphatic heterocycles. The van der Waals surface area contributed by atoms with Crippen molar-refractivity contribution in [2.45, 2.75) is 25.3 Å². The zero-order valence-corrected chi connectivity index (χ0v) is 8.33. The van der Waals surface area contributed by atoms with Crippen molar-refractivity contribution in [3.63, 3.8) is 0 Å². The van der Waals surface area contributed by atoms with Crippen LogP contribution in [-0.4, -0.2) is 32.4 Å². The van der Waals surface area contributed by atoms with Crippen LogP contribution in [0.1, 0.15) is 35.9 Å². The third-order valence-corrected chi connectivity index (χ3v) is 2.87. The number of aromatic nitrogens is 3. The molecule has 1 aromatic rings. The fourth-order valence-corrected chi connectivity index (χ4v) is 2.02. The molecule has 0 saturated heterocycles.